The van der Waals surface area contributed by atoms with Gasteiger partial charge in [-0.2, -0.15) is 0 Å². The van der Waals surface area contributed by atoms with E-state index in [2.05, 4.69) is 32.6 Å². The second kappa shape index (κ2) is 7.10. The predicted molar refractivity (Wildman–Crippen MR) is 85.7 cm³/mol. The highest BCUT2D eigenvalue weighted by Gasteiger charge is 2.03. The van der Waals surface area contributed by atoms with Gasteiger partial charge in [0.2, 0.25) is 5.91 Å². The van der Waals surface area contributed by atoms with Crippen molar-refractivity contribution in [1.29, 1.82) is 0 Å². The van der Waals surface area contributed by atoms with E-state index in [1.807, 2.05) is 49.4 Å². The first kappa shape index (κ1) is 14.6. The van der Waals surface area contributed by atoms with Gasteiger partial charge in [0.1, 0.15) is 0 Å². The van der Waals surface area contributed by atoms with Crippen LogP contribution < -0.4 is 10.6 Å². The molecule has 0 aliphatic rings. The summed E-state index contributed by atoms with van der Waals surface area (Å²) in [5.41, 5.74) is 3.22. The van der Waals surface area contributed by atoms with Gasteiger partial charge in [-0.1, -0.05) is 42.0 Å². The smallest absolute Gasteiger partial charge is 0.239 e. The van der Waals surface area contributed by atoms with Gasteiger partial charge in [0.25, 0.3) is 0 Å². The van der Waals surface area contributed by atoms with Crippen LogP contribution in [-0.2, 0) is 11.3 Å². The Kier molecular flexibility index (Phi) is 5.18. The molecule has 4 heteroatoms. The van der Waals surface area contributed by atoms with Crippen LogP contribution in [0.5, 0.6) is 0 Å². The lowest BCUT2D eigenvalue weighted by Crippen LogP contribution is -2.29. The van der Waals surface area contributed by atoms with Gasteiger partial charge >= 0.3 is 0 Å². The van der Waals surface area contributed by atoms with E-state index in [0.29, 0.717) is 6.54 Å². The second-order valence-electron chi connectivity index (χ2n) is 4.60. The Labute approximate surface area is 127 Å². The Morgan fingerprint density at radius 3 is 2.70 bits per heavy atom. The Morgan fingerprint density at radius 1 is 1.15 bits per heavy atom. The van der Waals surface area contributed by atoms with Crippen molar-refractivity contribution in [2.45, 2.75) is 13.5 Å². The maximum absolute atomic E-state index is 11.8. The summed E-state index contributed by atoms with van der Waals surface area (Å²) in [4.78, 5) is 11.8. The quantitative estimate of drug-likeness (QED) is 0.879. The zero-order valence-electron chi connectivity index (χ0n) is 11.3. The fourth-order valence-corrected chi connectivity index (χ4v) is 2.29. The first-order valence-corrected chi connectivity index (χ1v) is 7.25. The van der Waals surface area contributed by atoms with Gasteiger partial charge in [0, 0.05) is 16.7 Å². The van der Waals surface area contributed by atoms with Gasteiger partial charge in [-0.15, -0.1) is 0 Å². The molecule has 0 unspecified atom stereocenters. The number of carbonyl (C=O) groups excluding carboxylic acids is 1. The Bertz CT molecular complexity index is 599. The van der Waals surface area contributed by atoms with Gasteiger partial charge in [0.05, 0.1) is 6.54 Å². The zero-order chi connectivity index (χ0) is 14.4. The third kappa shape index (κ3) is 4.38. The minimum Gasteiger partial charge on any atom is -0.375 e. The average Bonchev–Trinajstić information content (AvgIpc) is 2.44. The summed E-state index contributed by atoms with van der Waals surface area (Å²) in [7, 11) is 0. The van der Waals surface area contributed by atoms with Crippen molar-refractivity contribution in [3.8, 4) is 0 Å². The van der Waals surface area contributed by atoms with Crippen LogP contribution >= 0.6 is 15.9 Å². The molecule has 0 bridgehead atoms. The van der Waals surface area contributed by atoms with Crippen LogP contribution in [0, 0.1) is 6.92 Å². The van der Waals surface area contributed by atoms with E-state index >= 15 is 0 Å². The zero-order valence-corrected chi connectivity index (χ0v) is 12.9. The third-order valence-electron chi connectivity index (χ3n) is 2.89. The highest BCUT2D eigenvalue weighted by Crippen LogP contribution is 2.20. The summed E-state index contributed by atoms with van der Waals surface area (Å²) < 4.78 is 0.950. The third-order valence-corrected chi connectivity index (χ3v) is 3.58. The molecule has 3 nitrogen and oxygen atoms in total. The predicted octanol–water partition coefficient (Wildman–Crippen LogP) is 3.49. The monoisotopic (exact) mass is 332 g/mol. The molecule has 0 atom stereocenters. The molecule has 0 spiro atoms. The number of hydrogen-bond acceptors (Lipinski definition) is 2. The lowest BCUT2D eigenvalue weighted by molar-refractivity contribution is -0.119. The SMILES string of the molecule is Cc1cccc(CNC(=O)CNc2ccccc2Br)c1. The fourth-order valence-electron chi connectivity index (χ4n) is 1.87. The number of aryl methyl sites for hydroxylation is 1. The fraction of sp³-hybridized carbons (Fsp3) is 0.188. The number of nitrogens with one attached hydrogen (secondary N) is 2. The Morgan fingerprint density at radius 2 is 1.95 bits per heavy atom. The van der Waals surface area contributed by atoms with Gasteiger partial charge < -0.3 is 10.6 Å². The molecule has 0 heterocycles. The first-order chi connectivity index (χ1) is 9.65. The normalized spacial score (nSPS) is 10.1. The van der Waals surface area contributed by atoms with Crippen molar-refractivity contribution < 1.29 is 4.79 Å². The summed E-state index contributed by atoms with van der Waals surface area (Å²) >= 11 is 3.44. The molecular formula is C16H17BrN2O. The van der Waals surface area contributed by atoms with E-state index in [0.717, 1.165) is 15.7 Å². The average molecular weight is 333 g/mol. The van der Waals surface area contributed by atoms with Crippen LogP contribution in [0.2, 0.25) is 0 Å². The maximum atomic E-state index is 11.8. The lowest BCUT2D eigenvalue weighted by Gasteiger charge is -2.09. The molecule has 2 aromatic rings. The summed E-state index contributed by atoms with van der Waals surface area (Å²) in [5.74, 6) is -0.0257. The van der Waals surface area contributed by atoms with Crippen molar-refractivity contribution >= 4 is 27.5 Å². The molecule has 0 aromatic heterocycles. The topological polar surface area (TPSA) is 41.1 Å². The van der Waals surface area contributed by atoms with Crippen LogP contribution in [0.1, 0.15) is 11.1 Å². The molecule has 0 radical (unpaired) electrons. The lowest BCUT2D eigenvalue weighted by atomic mass is 10.1. The summed E-state index contributed by atoms with van der Waals surface area (Å²) in [5, 5.41) is 6.00. The highest BCUT2D eigenvalue weighted by atomic mass is 79.9. The second-order valence-corrected chi connectivity index (χ2v) is 5.45. The van der Waals surface area contributed by atoms with Gasteiger partial charge in [-0.05, 0) is 40.5 Å². The standard InChI is InChI=1S/C16H17BrN2O/c1-12-5-4-6-13(9-12)10-19-16(20)11-18-15-8-3-2-7-14(15)17/h2-9,18H,10-11H2,1H3,(H,19,20). The first-order valence-electron chi connectivity index (χ1n) is 6.46. The number of carbonyl (C=O) groups is 1. The molecule has 2 N–H and O–H groups in total. The highest BCUT2D eigenvalue weighted by molar-refractivity contribution is 9.10. The number of para-hydroxylation sites is 1. The van der Waals surface area contributed by atoms with Gasteiger partial charge in [0.15, 0.2) is 0 Å². The van der Waals surface area contributed by atoms with E-state index < -0.39 is 0 Å². The minimum atomic E-state index is -0.0257. The molecule has 0 fully saturated rings. The van der Waals surface area contributed by atoms with Crippen LogP contribution in [0.4, 0.5) is 5.69 Å². The Hall–Kier alpha value is -1.81. The summed E-state index contributed by atoms with van der Waals surface area (Å²) in [6.07, 6.45) is 0. The molecule has 2 aromatic carbocycles. The molecule has 2 rings (SSSR count). The van der Waals surface area contributed by atoms with E-state index in [1.54, 1.807) is 0 Å². The number of hydrogen-bond donors (Lipinski definition) is 2. The van der Waals surface area contributed by atoms with Crippen molar-refractivity contribution in [3.63, 3.8) is 0 Å². The molecule has 0 aliphatic carbocycles. The summed E-state index contributed by atoms with van der Waals surface area (Å²) in [6, 6.07) is 15.8. The number of benzene rings is 2. The van der Waals surface area contributed by atoms with E-state index in [4.69, 9.17) is 0 Å². The van der Waals surface area contributed by atoms with Crippen molar-refractivity contribution in [1.82, 2.24) is 5.32 Å². The molecule has 20 heavy (non-hydrogen) atoms. The van der Waals surface area contributed by atoms with Gasteiger partial charge in [-0.3, -0.25) is 4.79 Å². The molecular weight excluding hydrogens is 316 g/mol. The number of halogens is 1. The van der Waals surface area contributed by atoms with Crippen LogP contribution in [-0.4, -0.2) is 12.5 Å². The van der Waals surface area contributed by atoms with E-state index in [9.17, 15) is 4.79 Å². The molecule has 0 aliphatic heterocycles. The number of anilines is 1. The van der Waals surface area contributed by atoms with Crippen molar-refractivity contribution in [2.24, 2.45) is 0 Å². The number of rotatable bonds is 5. The van der Waals surface area contributed by atoms with Crippen LogP contribution in [0.15, 0.2) is 53.0 Å². The van der Waals surface area contributed by atoms with Crippen LogP contribution in [0.25, 0.3) is 0 Å². The number of amides is 1. The minimum absolute atomic E-state index is 0.0257. The maximum Gasteiger partial charge on any atom is 0.239 e. The molecule has 0 saturated heterocycles. The summed E-state index contributed by atoms with van der Waals surface area (Å²) in [6.45, 7) is 2.85. The van der Waals surface area contributed by atoms with E-state index in [-0.39, 0.29) is 12.5 Å². The molecule has 104 valence electrons. The van der Waals surface area contributed by atoms with Crippen molar-refractivity contribution in [3.05, 3.63) is 64.1 Å². The van der Waals surface area contributed by atoms with Crippen LogP contribution in [0.3, 0.4) is 0 Å². The van der Waals surface area contributed by atoms with Crippen molar-refractivity contribution in [2.75, 3.05) is 11.9 Å². The molecule has 0 saturated carbocycles. The largest absolute Gasteiger partial charge is 0.375 e. The van der Waals surface area contributed by atoms with Gasteiger partial charge in [-0.25, -0.2) is 0 Å². The Balaban J connectivity index is 1.80. The van der Waals surface area contributed by atoms with E-state index in [1.165, 1.54) is 5.56 Å². The molecule has 1 amide bonds.